The summed E-state index contributed by atoms with van der Waals surface area (Å²) in [6.07, 6.45) is 5.85. The Morgan fingerprint density at radius 2 is 2.13 bits per heavy atom. The second-order valence-electron chi connectivity index (χ2n) is 3.46. The average molecular weight is 203 g/mol. The highest BCUT2D eigenvalue weighted by atomic mass is 15.0. The summed E-state index contributed by atoms with van der Waals surface area (Å²) in [7, 11) is 1.96. The van der Waals surface area contributed by atoms with E-state index in [1.807, 2.05) is 24.7 Å². The van der Waals surface area contributed by atoms with E-state index < -0.39 is 0 Å². The van der Waals surface area contributed by atoms with Gasteiger partial charge in [0, 0.05) is 31.4 Å². The SMILES string of the molecule is Cc1c(N)ncnc1Cc1nccn1C. The van der Waals surface area contributed by atoms with Crippen LogP contribution in [-0.4, -0.2) is 19.5 Å². The maximum absolute atomic E-state index is 5.71. The van der Waals surface area contributed by atoms with Crippen molar-refractivity contribution >= 4 is 5.82 Å². The van der Waals surface area contributed by atoms with Crippen LogP contribution in [0.15, 0.2) is 18.7 Å². The smallest absolute Gasteiger partial charge is 0.129 e. The second-order valence-corrected chi connectivity index (χ2v) is 3.46. The third-order valence-corrected chi connectivity index (χ3v) is 2.47. The van der Waals surface area contributed by atoms with Crippen molar-refractivity contribution < 1.29 is 0 Å². The number of nitrogens with zero attached hydrogens (tertiary/aromatic N) is 4. The first kappa shape index (κ1) is 9.64. The van der Waals surface area contributed by atoms with Gasteiger partial charge in [0.1, 0.15) is 18.0 Å². The summed E-state index contributed by atoms with van der Waals surface area (Å²) in [5, 5.41) is 0. The number of imidazole rings is 1. The highest BCUT2D eigenvalue weighted by molar-refractivity contribution is 5.40. The summed E-state index contributed by atoms with van der Waals surface area (Å²) in [5.74, 6) is 1.51. The van der Waals surface area contributed by atoms with E-state index in [0.717, 1.165) is 17.1 Å². The lowest BCUT2D eigenvalue weighted by Gasteiger charge is -2.06. The van der Waals surface area contributed by atoms with Crippen molar-refractivity contribution in [1.82, 2.24) is 19.5 Å². The zero-order valence-electron chi connectivity index (χ0n) is 8.81. The van der Waals surface area contributed by atoms with Crippen molar-refractivity contribution in [2.24, 2.45) is 7.05 Å². The number of aryl methyl sites for hydroxylation is 1. The first-order chi connectivity index (χ1) is 7.18. The first-order valence-corrected chi connectivity index (χ1v) is 4.70. The van der Waals surface area contributed by atoms with E-state index in [4.69, 9.17) is 5.73 Å². The number of anilines is 1. The molecule has 0 amide bonds. The number of nitrogen functional groups attached to an aromatic ring is 1. The Hall–Kier alpha value is -1.91. The van der Waals surface area contributed by atoms with Crippen LogP contribution in [0.3, 0.4) is 0 Å². The van der Waals surface area contributed by atoms with Gasteiger partial charge in [-0.3, -0.25) is 0 Å². The highest BCUT2D eigenvalue weighted by Gasteiger charge is 2.07. The maximum atomic E-state index is 5.71. The average Bonchev–Trinajstić information content (AvgIpc) is 2.60. The molecule has 2 heterocycles. The molecule has 0 aromatic carbocycles. The standard InChI is InChI=1S/C10H13N5/c1-7-8(13-6-14-10(7)11)5-9-12-3-4-15(9)2/h3-4,6H,5H2,1-2H3,(H2,11,13,14). The molecule has 0 bridgehead atoms. The van der Waals surface area contributed by atoms with Gasteiger partial charge in [-0.15, -0.1) is 0 Å². The zero-order valence-corrected chi connectivity index (χ0v) is 8.81. The third kappa shape index (κ3) is 1.81. The van der Waals surface area contributed by atoms with Gasteiger partial charge in [-0.05, 0) is 6.92 Å². The van der Waals surface area contributed by atoms with Crippen molar-refractivity contribution in [3.05, 3.63) is 35.8 Å². The van der Waals surface area contributed by atoms with Crippen LogP contribution in [0, 0.1) is 6.92 Å². The number of hydrogen-bond donors (Lipinski definition) is 1. The topological polar surface area (TPSA) is 69.6 Å². The molecule has 5 nitrogen and oxygen atoms in total. The Kier molecular flexibility index (Phi) is 2.37. The van der Waals surface area contributed by atoms with Gasteiger partial charge >= 0.3 is 0 Å². The normalized spacial score (nSPS) is 10.5. The molecular formula is C10H13N5. The van der Waals surface area contributed by atoms with Crippen molar-refractivity contribution in [1.29, 1.82) is 0 Å². The fourth-order valence-corrected chi connectivity index (χ4v) is 1.40. The third-order valence-electron chi connectivity index (χ3n) is 2.47. The molecule has 0 saturated carbocycles. The summed E-state index contributed by atoms with van der Waals surface area (Å²) >= 11 is 0. The van der Waals surface area contributed by atoms with Crippen LogP contribution in [0.2, 0.25) is 0 Å². The zero-order chi connectivity index (χ0) is 10.8. The van der Waals surface area contributed by atoms with E-state index in [1.165, 1.54) is 6.33 Å². The summed E-state index contributed by atoms with van der Waals surface area (Å²) in [5.41, 5.74) is 7.57. The van der Waals surface area contributed by atoms with Crippen molar-refractivity contribution in [3.8, 4) is 0 Å². The highest BCUT2D eigenvalue weighted by Crippen LogP contribution is 2.13. The molecule has 78 valence electrons. The van der Waals surface area contributed by atoms with Crippen LogP contribution in [0.25, 0.3) is 0 Å². The predicted octanol–water partition coefficient (Wildman–Crippen LogP) is 0.692. The van der Waals surface area contributed by atoms with E-state index in [9.17, 15) is 0 Å². The van der Waals surface area contributed by atoms with Crippen LogP contribution < -0.4 is 5.73 Å². The van der Waals surface area contributed by atoms with Gasteiger partial charge in [0.15, 0.2) is 0 Å². The van der Waals surface area contributed by atoms with Gasteiger partial charge in [-0.25, -0.2) is 15.0 Å². The van der Waals surface area contributed by atoms with Gasteiger partial charge in [0.2, 0.25) is 0 Å². The fourth-order valence-electron chi connectivity index (χ4n) is 1.40. The van der Waals surface area contributed by atoms with Crippen LogP contribution in [0.1, 0.15) is 17.1 Å². The molecule has 0 aliphatic rings. The Morgan fingerprint density at radius 1 is 1.33 bits per heavy atom. The van der Waals surface area contributed by atoms with Gasteiger partial charge in [-0.2, -0.15) is 0 Å². The van der Waals surface area contributed by atoms with E-state index >= 15 is 0 Å². The molecule has 0 radical (unpaired) electrons. The molecule has 2 aromatic heterocycles. The first-order valence-electron chi connectivity index (χ1n) is 4.70. The minimum absolute atomic E-state index is 0.536. The fraction of sp³-hybridized carbons (Fsp3) is 0.300. The molecule has 0 aliphatic carbocycles. The summed E-state index contributed by atoms with van der Waals surface area (Å²) in [4.78, 5) is 12.4. The Balaban J connectivity index is 2.33. The molecule has 0 aliphatic heterocycles. The molecule has 2 N–H and O–H groups in total. The van der Waals surface area contributed by atoms with Gasteiger partial charge in [0.25, 0.3) is 0 Å². The monoisotopic (exact) mass is 203 g/mol. The molecular weight excluding hydrogens is 190 g/mol. The predicted molar refractivity (Wildman–Crippen MR) is 57.2 cm³/mol. The van der Waals surface area contributed by atoms with E-state index in [1.54, 1.807) is 6.20 Å². The molecule has 0 fully saturated rings. The molecule has 0 atom stereocenters. The Labute approximate surface area is 88.0 Å². The van der Waals surface area contributed by atoms with Crippen molar-refractivity contribution in [2.75, 3.05) is 5.73 Å². The summed E-state index contributed by atoms with van der Waals surface area (Å²) in [6.45, 7) is 1.92. The number of hydrogen-bond acceptors (Lipinski definition) is 4. The Bertz CT molecular complexity index is 474. The lowest BCUT2D eigenvalue weighted by Crippen LogP contribution is -2.05. The molecule has 2 rings (SSSR count). The second kappa shape index (κ2) is 3.68. The van der Waals surface area contributed by atoms with Crippen LogP contribution >= 0.6 is 0 Å². The largest absolute Gasteiger partial charge is 0.383 e. The van der Waals surface area contributed by atoms with Gasteiger partial charge in [-0.1, -0.05) is 0 Å². The summed E-state index contributed by atoms with van der Waals surface area (Å²) < 4.78 is 1.97. The minimum atomic E-state index is 0.536. The Morgan fingerprint density at radius 3 is 2.80 bits per heavy atom. The number of rotatable bonds is 2. The number of aromatic nitrogens is 4. The number of nitrogens with two attached hydrogens (primary N) is 1. The van der Waals surface area contributed by atoms with Gasteiger partial charge < -0.3 is 10.3 Å². The molecule has 5 heteroatoms. The van der Waals surface area contributed by atoms with Crippen molar-refractivity contribution in [2.45, 2.75) is 13.3 Å². The minimum Gasteiger partial charge on any atom is -0.383 e. The molecule has 0 spiro atoms. The lowest BCUT2D eigenvalue weighted by molar-refractivity contribution is 0.805. The van der Waals surface area contributed by atoms with Gasteiger partial charge in [0.05, 0.1) is 5.69 Å². The van der Waals surface area contributed by atoms with Crippen LogP contribution in [0.4, 0.5) is 5.82 Å². The van der Waals surface area contributed by atoms with E-state index in [-0.39, 0.29) is 0 Å². The molecule has 2 aromatic rings. The molecule has 15 heavy (non-hydrogen) atoms. The molecule has 0 saturated heterocycles. The summed E-state index contributed by atoms with van der Waals surface area (Å²) in [6, 6.07) is 0. The quantitative estimate of drug-likeness (QED) is 0.779. The van der Waals surface area contributed by atoms with E-state index in [0.29, 0.717) is 12.2 Å². The molecule has 0 unspecified atom stereocenters. The maximum Gasteiger partial charge on any atom is 0.129 e. The van der Waals surface area contributed by atoms with E-state index in [2.05, 4.69) is 15.0 Å². The lowest BCUT2D eigenvalue weighted by atomic mass is 10.2. The van der Waals surface area contributed by atoms with Crippen molar-refractivity contribution in [3.63, 3.8) is 0 Å². The van der Waals surface area contributed by atoms with Crippen LogP contribution in [0.5, 0.6) is 0 Å². The van der Waals surface area contributed by atoms with Crippen LogP contribution in [-0.2, 0) is 13.5 Å².